The van der Waals surface area contributed by atoms with E-state index < -0.39 is 23.6 Å². The zero-order chi connectivity index (χ0) is 24.0. The quantitative estimate of drug-likeness (QED) is 0.464. The fourth-order valence-electron chi connectivity index (χ4n) is 3.85. The number of ether oxygens (including phenoxy) is 2. The number of amides is 2. The molecule has 1 aliphatic carbocycles. The lowest BCUT2D eigenvalue weighted by Crippen LogP contribution is -2.43. The number of esters is 1. The van der Waals surface area contributed by atoms with E-state index in [2.05, 4.69) is 17.4 Å². The van der Waals surface area contributed by atoms with Crippen LogP contribution in [0.25, 0.3) is 11.1 Å². The van der Waals surface area contributed by atoms with E-state index in [0.29, 0.717) is 0 Å². The van der Waals surface area contributed by atoms with E-state index in [4.69, 9.17) is 21.1 Å². The third kappa shape index (κ3) is 6.48. The second kappa shape index (κ2) is 10.7. The molecule has 0 heterocycles. The molecular formula is C25H29ClN2O5. The largest absolute Gasteiger partial charge is 0.459 e. The van der Waals surface area contributed by atoms with E-state index in [1.54, 1.807) is 20.8 Å². The van der Waals surface area contributed by atoms with Crippen LogP contribution in [0.3, 0.4) is 0 Å². The van der Waals surface area contributed by atoms with Gasteiger partial charge in [-0.15, -0.1) is 11.6 Å². The van der Waals surface area contributed by atoms with Gasteiger partial charge in [0, 0.05) is 19.0 Å². The zero-order valence-electron chi connectivity index (χ0n) is 19.1. The van der Waals surface area contributed by atoms with Crippen LogP contribution in [-0.4, -0.2) is 60.6 Å². The molecule has 2 aromatic rings. The van der Waals surface area contributed by atoms with Gasteiger partial charge in [-0.05, 0) is 43.0 Å². The Morgan fingerprint density at radius 3 is 2.12 bits per heavy atom. The molecule has 1 aliphatic rings. The lowest BCUT2D eigenvalue weighted by molar-refractivity contribution is -0.158. The Morgan fingerprint density at radius 1 is 1.00 bits per heavy atom. The number of alkyl carbamates (subject to hydrolysis) is 1. The molecule has 0 aliphatic heterocycles. The number of halogens is 1. The predicted molar refractivity (Wildman–Crippen MR) is 126 cm³/mol. The lowest BCUT2D eigenvalue weighted by Gasteiger charge is -2.24. The number of hydrogen-bond donors (Lipinski definition) is 1. The van der Waals surface area contributed by atoms with Crippen molar-refractivity contribution >= 4 is 29.6 Å². The number of carbonyl (C=O) groups excluding carboxylic acids is 3. The highest BCUT2D eigenvalue weighted by atomic mass is 35.5. The van der Waals surface area contributed by atoms with Crippen LogP contribution in [0, 0.1) is 0 Å². The summed E-state index contributed by atoms with van der Waals surface area (Å²) >= 11 is 5.65. The number of rotatable bonds is 8. The molecule has 0 saturated heterocycles. The van der Waals surface area contributed by atoms with Crippen molar-refractivity contribution in [1.82, 2.24) is 10.2 Å². The first-order chi connectivity index (χ1) is 15.7. The highest BCUT2D eigenvalue weighted by Gasteiger charge is 2.29. The van der Waals surface area contributed by atoms with Gasteiger partial charge in [0.25, 0.3) is 0 Å². The summed E-state index contributed by atoms with van der Waals surface area (Å²) in [5.74, 6) is -1.27. The first kappa shape index (κ1) is 24.6. The molecule has 0 unspecified atom stereocenters. The van der Waals surface area contributed by atoms with Crippen molar-refractivity contribution in [3.05, 3.63) is 59.7 Å². The monoisotopic (exact) mass is 472 g/mol. The zero-order valence-corrected chi connectivity index (χ0v) is 19.9. The van der Waals surface area contributed by atoms with Gasteiger partial charge in [0.05, 0.1) is 0 Å². The summed E-state index contributed by atoms with van der Waals surface area (Å²) in [4.78, 5) is 37.7. The number of benzene rings is 2. The van der Waals surface area contributed by atoms with Gasteiger partial charge in [0.15, 0.2) is 0 Å². The average molecular weight is 473 g/mol. The molecule has 7 nitrogen and oxygen atoms in total. The van der Waals surface area contributed by atoms with Crippen LogP contribution in [0.5, 0.6) is 0 Å². The minimum Gasteiger partial charge on any atom is -0.459 e. The van der Waals surface area contributed by atoms with Gasteiger partial charge in [0.1, 0.15) is 24.6 Å². The minimum absolute atomic E-state index is 0.0374. The number of nitrogens with zero attached hydrogens (tertiary/aromatic N) is 1. The summed E-state index contributed by atoms with van der Waals surface area (Å²) in [7, 11) is 0. The number of nitrogens with one attached hydrogen (secondary N) is 1. The second-order valence-electron chi connectivity index (χ2n) is 8.79. The molecule has 176 valence electrons. The Bertz CT molecular complexity index is 972. The van der Waals surface area contributed by atoms with Crippen molar-refractivity contribution in [2.75, 3.05) is 32.1 Å². The van der Waals surface area contributed by atoms with E-state index >= 15 is 0 Å². The minimum atomic E-state index is -0.660. The Kier molecular flexibility index (Phi) is 7.97. The summed E-state index contributed by atoms with van der Waals surface area (Å²) in [6, 6.07) is 16.2. The van der Waals surface area contributed by atoms with Gasteiger partial charge in [-0.2, -0.15) is 0 Å². The van der Waals surface area contributed by atoms with Crippen LogP contribution in [0.2, 0.25) is 0 Å². The van der Waals surface area contributed by atoms with Gasteiger partial charge in [-0.1, -0.05) is 48.5 Å². The molecule has 1 N–H and O–H groups in total. The molecule has 0 aromatic heterocycles. The van der Waals surface area contributed by atoms with Gasteiger partial charge < -0.3 is 19.7 Å². The normalized spacial score (nSPS) is 12.5. The summed E-state index contributed by atoms with van der Waals surface area (Å²) < 4.78 is 10.7. The van der Waals surface area contributed by atoms with Crippen molar-refractivity contribution < 1.29 is 23.9 Å². The Balaban J connectivity index is 1.52. The van der Waals surface area contributed by atoms with E-state index in [1.165, 1.54) is 4.90 Å². The summed E-state index contributed by atoms with van der Waals surface area (Å²) in [5, 5.41) is 2.64. The summed E-state index contributed by atoms with van der Waals surface area (Å²) in [6.07, 6.45) is -0.590. The summed E-state index contributed by atoms with van der Waals surface area (Å²) in [6.45, 7) is 5.42. The third-order valence-corrected chi connectivity index (χ3v) is 5.43. The molecule has 2 amide bonds. The van der Waals surface area contributed by atoms with E-state index in [0.717, 1.165) is 22.3 Å². The maximum atomic E-state index is 12.3. The molecule has 0 radical (unpaired) electrons. The van der Waals surface area contributed by atoms with E-state index in [-0.39, 0.29) is 38.0 Å². The molecule has 0 fully saturated rings. The molecule has 8 heteroatoms. The molecule has 3 rings (SSSR count). The highest BCUT2D eigenvalue weighted by molar-refractivity contribution is 6.27. The van der Waals surface area contributed by atoms with Crippen molar-refractivity contribution in [2.24, 2.45) is 0 Å². The topological polar surface area (TPSA) is 84.9 Å². The molecule has 0 bridgehead atoms. The smallest absolute Gasteiger partial charge is 0.407 e. The van der Waals surface area contributed by atoms with Crippen molar-refractivity contribution in [3.8, 4) is 11.1 Å². The van der Waals surface area contributed by atoms with Crippen LogP contribution in [-0.2, 0) is 19.1 Å². The molecule has 0 saturated carbocycles. The van der Waals surface area contributed by atoms with Gasteiger partial charge >= 0.3 is 12.1 Å². The van der Waals surface area contributed by atoms with Crippen LogP contribution >= 0.6 is 11.6 Å². The van der Waals surface area contributed by atoms with Crippen LogP contribution in [0.4, 0.5) is 4.79 Å². The molecular weight excluding hydrogens is 444 g/mol. The first-order valence-corrected chi connectivity index (χ1v) is 11.4. The SMILES string of the molecule is CC(C)(C)OC(=O)CN(CCNC(=O)OCC1c2ccccc2-c2ccccc21)C(=O)CCl. The molecule has 33 heavy (non-hydrogen) atoms. The Labute approximate surface area is 199 Å². The van der Waals surface area contributed by atoms with Gasteiger partial charge in [-0.3, -0.25) is 9.59 Å². The molecule has 2 aromatic carbocycles. The number of fused-ring (bicyclic) bond motifs is 3. The van der Waals surface area contributed by atoms with Crippen LogP contribution in [0.15, 0.2) is 48.5 Å². The maximum Gasteiger partial charge on any atom is 0.407 e. The highest BCUT2D eigenvalue weighted by Crippen LogP contribution is 2.44. The van der Waals surface area contributed by atoms with Crippen LogP contribution in [0.1, 0.15) is 37.8 Å². The van der Waals surface area contributed by atoms with Gasteiger partial charge in [-0.25, -0.2) is 4.79 Å². The van der Waals surface area contributed by atoms with Crippen molar-refractivity contribution in [3.63, 3.8) is 0 Å². The number of alkyl halides is 1. The van der Waals surface area contributed by atoms with E-state index in [9.17, 15) is 14.4 Å². The Morgan fingerprint density at radius 2 is 1.58 bits per heavy atom. The van der Waals surface area contributed by atoms with Crippen molar-refractivity contribution in [1.29, 1.82) is 0 Å². The second-order valence-corrected chi connectivity index (χ2v) is 9.05. The number of hydrogen-bond acceptors (Lipinski definition) is 5. The van der Waals surface area contributed by atoms with Gasteiger partial charge in [0.2, 0.25) is 5.91 Å². The fraction of sp³-hybridized carbons (Fsp3) is 0.400. The van der Waals surface area contributed by atoms with E-state index in [1.807, 2.05) is 36.4 Å². The molecule has 0 spiro atoms. The average Bonchev–Trinajstić information content (AvgIpc) is 3.09. The first-order valence-electron chi connectivity index (χ1n) is 10.8. The predicted octanol–water partition coefficient (Wildman–Crippen LogP) is 3.93. The summed E-state index contributed by atoms with van der Waals surface area (Å²) in [5.41, 5.74) is 3.90. The van der Waals surface area contributed by atoms with Crippen LogP contribution < -0.4 is 5.32 Å². The Hall–Kier alpha value is -3.06. The van der Waals surface area contributed by atoms with Crippen molar-refractivity contribution in [2.45, 2.75) is 32.3 Å². The lowest BCUT2D eigenvalue weighted by atomic mass is 9.98. The fourth-order valence-corrected chi connectivity index (χ4v) is 4.02. The number of carbonyl (C=O) groups is 3. The standard InChI is InChI=1S/C25H29ClN2O5/c1-25(2,3)33-23(30)15-28(22(29)14-26)13-12-27-24(31)32-16-21-19-10-6-4-8-17(19)18-9-5-7-11-20(18)21/h4-11,21H,12-16H2,1-3H3,(H,27,31). The third-order valence-electron chi connectivity index (χ3n) is 5.20. The maximum absolute atomic E-state index is 12.3. The molecule has 0 atom stereocenters.